The van der Waals surface area contributed by atoms with E-state index in [0.717, 1.165) is 28.0 Å². The molecule has 5 nitrogen and oxygen atoms in total. The first-order chi connectivity index (χ1) is 15.5. The Bertz CT molecular complexity index is 1170. The van der Waals surface area contributed by atoms with E-state index >= 15 is 0 Å². The van der Waals surface area contributed by atoms with Gasteiger partial charge in [-0.3, -0.25) is 9.69 Å². The minimum atomic E-state index is -0.0208. The molecule has 0 atom stereocenters. The van der Waals surface area contributed by atoms with Crippen LogP contribution in [0.15, 0.2) is 59.6 Å². The van der Waals surface area contributed by atoms with E-state index in [1.54, 1.807) is 4.90 Å². The quantitative estimate of drug-likeness (QED) is 0.313. The van der Waals surface area contributed by atoms with Gasteiger partial charge in [-0.1, -0.05) is 42.2 Å². The van der Waals surface area contributed by atoms with Gasteiger partial charge in [0.2, 0.25) is 0 Å². The summed E-state index contributed by atoms with van der Waals surface area (Å²) in [6.45, 7) is 7.75. The van der Waals surface area contributed by atoms with Crippen molar-refractivity contribution in [2.45, 2.75) is 33.4 Å². The van der Waals surface area contributed by atoms with Crippen LogP contribution in [0.1, 0.15) is 26.3 Å². The average molecular weight is 467 g/mol. The smallest absolute Gasteiger partial charge is 0.266 e. The molecule has 1 amide bonds. The van der Waals surface area contributed by atoms with Gasteiger partial charge in [0.05, 0.1) is 17.6 Å². The molecule has 0 unspecified atom stereocenters. The molecule has 0 spiro atoms. The minimum Gasteiger partial charge on any atom is -0.492 e. The largest absolute Gasteiger partial charge is 0.492 e. The van der Waals surface area contributed by atoms with Crippen LogP contribution >= 0.6 is 24.0 Å². The Labute approximate surface area is 198 Å². The number of carbonyl (C=O) groups is 1. The standard InChI is InChI=1S/C25H26N2O3S2/c1-4-27-24(28)23(32-25(27)31)15-18-16-26(22-8-6-5-7-21(18)22)13-14-29-19-9-11-20(12-10-19)30-17(2)3/h5-12,15-17H,4,13-14H2,1-3H3/b23-15-. The van der Waals surface area contributed by atoms with E-state index in [1.807, 2.05) is 63.2 Å². The third-order valence-corrected chi connectivity index (χ3v) is 6.47. The zero-order valence-electron chi connectivity index (χ0n) is 18.4. The molecule has 0 bridgehead atoms. The molecule has 2 heterocycles. The van der Waals surface area contributed by atoms with E-state index in [0.29, 0.717) is 28.9 Å². The van der Waals surface area contributed by atoms with Crippen LogP contribution < -0.4 is 9.47 Å². The lowest BCUT2D eigenvalue weighted by atomic mass is 10.1. The summed E-state index contributed by atoms with van der Waals surface area (Å²) in [7, 11) is 0. The molecule has 3 aromatic rings. The number of hydrogen-bond acceptors (Lipinski definition) is 5. The summed E-state index contributed by atoms with van der Waals surface area (Å²) in [6, 6.07) is 15.9. The average Bonchev–Trinajstić information content (AvgIpc) is 3.25. The second-order valence-electron chi connectivity index (χ2n) is 7.71. The highest BCUT2D eigenvalue weighted by Crippen LogP contribution is 2.34. The molecule has 7 heteroatoms. The monoisotopic (exact) mass is 466 g/mol. The first-order valence-electron chi connectivity index (χ1n) is 10.7. The molecule has 2 aromatic carbocycles. The minimum absolute atomic E-state index is 0.0208. The number of likely N-dealkylation sites (N-methyl/N-ethyl adjacent to an activating group) is 1. The highest BCUT2D eigenvalue weighted by atomic mass is 32.2. The van der Waals surface area contributed by atoms with Gasteiger partial charge in [0.1, 0.15) is 22.4 Å². The Balaban J connectivity index is 1.49. The number of thioether (sulfide) groups is 1. The normalized spacial score (nSPS) is 15.4. The topological polar surface area (TPSA) is 43.7 Å². The highest BCUT2D eigenvalue weighted by Gasteiger charge is 2.30. The molecule has 0 saturated carbocycles. The van der Waals surface area contributed by atoms with Crippen LogP contribution in [-0.4, -0.2) is 39.0 Å². The second-order valence-corrected chi connectivity index (χ2v) is 9.38. The fourth-order valence-electron chi connectivity index (χ4n) is 3.64. The van der Waals surface area contributed by atoms with Gasteiger partial charge in [0.15, 0.2) is 0 Å². The van der Waals surface area contributed by atoms with Gasteiger partial charge in [0.25, 0.3) is 5.91 Å². The van der Waals surface area contributed by atoms with Gasteiger partial charge in [0, 0.05) is 29.2 Å². The van der Waals surface area contributed by atoms with Crippen LogP contribution in [0.4, 0.5) is 0 Å². The van der Waals surface area contributed by atoms with Crippen molar-refractivity contribution in [2.75, 3.05) is 13.2 Å². The van der Waals surface area contributed by atoms with Crippen molar-refractivity contribution < 1.29 is 14.3 Å². The number of amides is 1. The van der Waals surface area contributed by atoms with Crippen LogP contribution in [0, 0.1) is 0 Å². The molecular formula is C25H26N2O3S2. The third-order valence-electron chi connectivity index (χ3n) is 5.09. The van der Waals surface area contributed by atoms with Crippen molar-refractivity contribution in [3.8, 4) is 11.5 Å². The summed E-state index contributed by atoms with van der Waals surface area (Å²) in [6.07, 6.45) is 4.17. The van der Waals surface area contributed by atoms with Crippen LogP contribution in [-0.2, 0) is 11.3 Å². The number of nitrogens with zero attached hydrogens (tertiary/aromatic N) is 2. The molecule has 0 radical (unpaired) electrons. The molecule has 0 N–H and O–H groups in total. The summed E-state index contributed by atoms with van der Waals surface area (Å²) in [5.41, 5.74) is 2.11. The maximum absolute atomic E-state index is 12.6. The van der Waals surface area contributed by atoms with Crippen LogP contribution in [0.5, 0.6) is 11.5 Å². The van der Waals surface area contributed by atoms with Gasteiger partial charge in [-0.25, -0.2) is 0 Å². The number of hydrogen-bond donors (Lipinski definition) is 0. The van der Waals surface area contributed by atoms with E-state index < -0.39 is 0 Å². The Morgan fingerprint density at radius 1 is 1.09 bits per heavy atom. The predicted octanol–water partition coefficient (Wildman–Crippen LogP) is 5.73. The predicted molar refractivity (Wildman–Crippen MR) is 135 cm³/mol. The first kappa shape index (κ1) is 22.4. The number of thiocarbonyl (C=S) groups is 1. The van der Waals surface area contributed by atoms with E-state index in [4.69, 9.17) is 21.7 Å². The Morgan fingerprint density at radius 3 is 2.50 bits per heavy atom. The maximum atomic E-state index is 12.6. The van der Waals surface area contributed by atoms with Crippen LogP contribution in [0.2, 0.25) is 0 Å². The zero-order valence-corrected chi connectivity index (χ0v) is 20.0. The van der Waals surface area contributed by atoms with Crippen LogP contribution in [0.3, 0.4) is 0 Å². The maximum Gasteiger partial charge on any atom is 0.266 e. The van der Waals surface area contributed by atoms with Crippen molar-refractivity contribution in [1.82, 2.24) is 9.47 Å². The summed E-state index contributed by atoms with van der Waals surface area (Å²) in [5, 5.41) is 1.10. The molecule has 1 fully saturated rings. The lowest BCUT2D eigenvalue weighted by molar-refractivity contribution is -0.121. The molecular weight excluding hydrogens is 440 g/mol. The number of carbonyl (C=O) groups excluding carboxylic acids is 1. The number of rotatable bonds is 8. The summed E-state index contributed by atoms with van der Waals surface area (Å²) >= 11 is 6.70. The number of fused-ring (bicyclic) bond motifs is 1. The van der Waals surface area contributed by atoms with Crippen molar-refractivity contribution in [1.29, 1.82) is 0 Å². The fourth-order valence-corrected chi connectivity index (χ4v) is 5.01. The van der Waals surface area contributed by atoms with E-state index in [9.17, 15) is 4.79 Å². The van der Waals surface area contributed by atoms with Gasteiger partial charge in [-0.05, 0) is 57.2 Å². The molecule has 32 heavy (non-hydrogen) atoms. The number of aromatic nitrogens is 1. The first-order valence-corrected chi connectivity index (χ1v) is 11.9. The van der Waals surface area contributed by atoms with Gasteiger partial charge < -0.3 is 14.0 Å². The highest BCUT2D eigenvalue weighted by molar-refractivity contribution is 8.26. The zero-order chi connectivity index (χ0) is 22.7. The van der Waals surface area contributed by atoms with Gasteiger partial charge in [-0.2, -0.15) is 0 Å². The second kappa shape index (κ2) is 9.79. The third kappa shape index (κ3) is 4.84. The lowest BCUT2D eigenvalue weighted by Crippen LogP contribution is -2.27. The molecule has 1 aliphatic rings. The fraction of sp³-hybridized carbons (Fsp3) is 0.280. The Morgan fingerprint density at radius 2 is 1.81 bits per heavy atom. The van der Waals surface area contributed by atoms with Crippen molar-refractivity contribution in [2.24, 2.45) is 0 Å². The summed E-state index contributed by atoms with van der Waals surface area (Å²) in [4.78, 5) is 14.9. The molecule has 1 saturated heterocycles. The number of para-hydroxylation sites is 1. The molecule has 1 aliphatic heterocycles. The lowest BCUT2D eigenvalue weighted by Gasteiger charge is -2.11. The summed E-state index contributed by atoms with van der Waals surface area (Å²) < 4.78 is 14.4. The molecule has 0 aliphatic carbocycles. The van der Waals surface area contributed by atoms with Gasteiger partial charge >= 0.3 is 0 Å². The van der Waals surface area contributed by atoms with Crippen LogP contribution in [0.25, 0.3) is 17.0 Å². The summed E-state index contributed by atoms with van der Waals surface area (Å²) in [5.74, 6) is 1.62. The molecule has 166 valence electrons. The molecule has 1 aromatic heterocycles. The molecule has 4 rings (SSSR count). The van der Waals surface area contributed by atoms with Crippen molar-refractivity contribution in [3.05, 3.63) is 65.2 Å². The number of ether oxygens (including phenoxy) is 2. The van der Waals surface area contributed by atoms with E-state index in [-0.39, 0.29) is 12.0 Å². The van der Waals surface area contributed by atoms with E-state index in [2.05, 4.69) is 22.9 Å². The van der Waals surface area contributed by atoms with Gasteiger partial charge in [-0.15, -0.1) is 0 Å². The Kier molecular flexibility index (Phi) is 6.86. The SMILES string of the molecule is CCN1C(=O)/C(=C/c2cn(CCOc3ccc(OC(C)C)cc3)c3ccccc23)SC1=S. The Hall–Kier alpha value is -2.77. The van der Waals surface area contributed by atoms with Crippen molar-refractivity contribution >= 4 is 51.2 Å². The number of benzene rings is 2. The van der Waals surface area contributed by atoms with E-state index in [1.165, 1.54) is 11.8 Å². The van der Waals surface area contributed by atoms with Crippen molar-refractivity contribution in [3.63, 3.8) is 0 Å².